The molecule has 0 saturated carbocycles. The topological polar surface area (TPSA) is 98.1 Å². The maximum Gasteiger partial charge on any atom is 0.337 e. The normalized spacial score (nSPS) is 9.76. The van der Waals surface area contributed by atoms with E-state index >= 15 is 0 Å². The van der Waals surface area contributed by atoms with Gasteiger partial charge in [0.1, 0.15) is 18.1 Å². The molecule has 0 aliphatic carbocycles. The molecule has 1 heterocycles. The standard InChI is InChI=1S/C14H13NO4.C8H10O2/c1-18-12-5-2-10(3-6-12)9-19-13-7-4-11(8-15-13)14(16)17;1-10-8-4-2-7(6-9)3-5-8/h2-8H,9H2,1H3,(H,16,17);2-5,9H,6H2,1H3. The third-order valence-electron chi connectivity index (χ3n) is 3.87. The van der Waals surface area contributed by atoms with Gasteiger partial charge in [0, 0.05) is 12.3 Å². The van der Waals surface area contributed by atoms with Crippen molar-refractivity contribution < 1.29 is 29.2 Å². The van der Waals surface area contributed by atoms with Gasteiger partial charge in [-0.2, -0.15) is 0 Å². The largest absolute Gasteiger partial charge is 0.497 e. The Morgan fingerprint density at radius 3 is 1.83 bits per heavy atom. The van der Waals surface area contributed by atoms with Crippen LogP contribution in [0.1, 0.15) is 21.5 Å². The van der Waals surface area contributed by atoms with Crippen molar-refractivity contribution in [1.29, 1.82) is 0 Å². The average Bonchev–Trinajstić information content (AvgIpc) is 2.78. The number of methoxy groups -OCH3 is 2. The number of pyridine rings is 1. The van der Waals surface area contributed by atoms with Gasteiger partial charge in [-0.1, -0.05) is 24.3 Å². The lowest BCUT2D eigenvalue weighted by Crippen LogP contribution is -2.00. The minimum atomic E-state index is -1.01. The number of ether oxygens (including phenoxy) is 3. The van der Waals surface area contributed by atoms with Crippen LogP contribution >= 0.6 is 0 Å². The summed E-state index contributed by atoms with van der Waals surface area (Å²) in [6, 6.07) is 17.8. The fourth-order valence-corrected chi connectivity index (χ4v) is 2.20. The number of rotatable bonds is 7. The van der Waals surface area contributed by atoms with E-state index in [1.807, 2.05) is 48.5 Å². The van der Waals surface area contributed by atoms with Crippen molar-refractivity contribution in [1.82, 2.24) is 4.98 Å². The molecule has 29 heavy (non-hydrogen) atoms. The molecule has 152 valence electrons. The summed E-state index contributed by atoms with van der Waals surface area (Å²) in [4.78, 5) is 14.6. The Morgan fingerprint density at radius 2 is 1.41 bits per heavy atom. The molecule has 0 radical (unpaired) electrons. The van der Waals surface area contributed by atoms with Crippen molar-refractivity contribution in [3.05, 3.63) is 83.6 Å². The number of carbonyl (C=O) groups is 1. The lowest BCUT2D eigenvalue weighted by molar-refractivity contribution is 0.0696. The molecule has 0 unspecified atom stereocenters. The van der Waals surface area contributed by atoms with Crippen molar-refractivity contribution in [2.24, 2.45) is 0 Å². The zero-order valence-corrected chi connectivity index (χ0v) is 16.2. The van der Waals surface area contributed by atoms with E-state index in [1.54, 1.807) is 14.2 Å². The van der Waals surface area contributed by atoms with Gasteiger partial charge in [-0.15, -0.1) is 0 Å². The summed E-state index contributed by atoms with van der Waals surface area (Å²) in [5.41, 5.74) is 2.02. The van der Waals surface area contributed by atoms with Crippen LogP contribution in [0.25, 0.3) is 0 Å². The Morgan fingerprint density at radius 1 is 0.862 bits per heavy atom. The molecule has 7 nitrogen and oxygen atoms in total. The van der Waals surface area contributed by atoms with Gasteiger partial charge in [-0.3, -0.25) is 0 Å². The zero-order valence-electron chi connectivity index (χ0n) is 16.2. The summed E-state index contributed by atoms with van der Waals surface area (Å²) in [6.45, 7) is 0.452. The van der Waals surface area contributed by atoms with Gasteiger partial charge in [-0.05, 0) is 41.5 Å². The zero-order chi connectivity index (χ0) is 21.1. The molecule has 0 amide bonds. The number of hydrogen-bond acceptors (Lipinski definition) is 6. The Bertz CT molecular complexity index is 854. The molecule has 0 aliphatic rings. The van der Waals surface area contributed by atoms with E-state index in [1.165, 1.54) is 18.3 Å². The molecule has 0 aliphatic heterocycles. The third-order valence-corrected chi connectivity index (χ3v) is 3.87. The molecule has 0 saturated heterocycles. The van der Waals surface area contributed by atoms with Crippen molar-refractivity contribution in [2.75, 3.05) is 14.2 Å². The van der Waals surface area contributed by atoms with Gasteiger partial charge in [0.15, 0.2) is 0 Å². The van der Waals surface area contributed by atoms with Crippen LogP contribution in [0.15, 0.2) is 66.9 Å². The van der Waals surface area contributed by atoms with Gasteiger partial charge in [-0.25, -0.2) is 9.78 Å². The van der Waals surface area contributed by atoms with E-state index in [0.29, 0.717) is 12.5 Å². The molecule has 1 aromatic heterocycles. The van der Waals surface area contributed by atoms with Crippen LogP contribution < -0.4 is 14.2 Å². The van der Waals surface area contributed by atoms with Gasteiger partial charge in [0.05, 0.1) is 26.4 Å². The summed E-state index contributed by atoms with van der Waals surface area (Å²) in [5, 5.41) is 17.4. The minimum Gasteiger partial charge on any atom is -0.497 e. The molecule has 0 atom stereocenters. The van der Waals surface area contributed by atoms with Crippen LogP contribution in [0.3, 0.4) is 0 Å². The van der Waals surface area contributed by atoms with Crippen LogP contribution in [0, 0.1) is 0 Å². The van der Waals surface area contributed by atoms with Gasteiger partial charge in [0.2, 0.25) is 5.88 Å². The van der Waals surface area contributed by atoms with Crippen molar-refractivity contribution in [3.63, 3.8) is 0 Å². The van der Waals surface area contributed by atoms with Crippen LogP contribution in [0.4, 0.5) is 0 Å². The Labute approximate surface area is 169 Å². The van der Waals surface area contributed by atoms with E-state index in [2.05, 4.69) is 4.98 Å². The Kier molecular flexibility index (Phi) is 8.47. The van der Waals surface area contributed by atoms with Crippen LogP contribution in [-0.4, -0.2) is 35.4 Å². The van der Waals surface area contributed by atoms with E-state index < -0.39 is 5.97 Å². The highest BCUT2D eigenvalue weighted by Crippen LogP contribution is 2.14. The van der Waals surface area contributed by atoms with Crippen LogP contribution in [0.2, 0.25) is 0 Å². The lowest BCUT2D eigenvalue weighted by Gasteiger charge is -2.06. The predicted octanol–water partition coefficient (Wildman–Crippen LogP) is 3.55. The van der Waals surface area contributed by atoms with Crippen LogP contribution in [0.5, 0.6) is 17.4 Å². The van der Waals surface area contributed by atoms with E-state index in [0.717, 1.165) is 22.6 Å². The summed E-state index contributed by atoms with van der Waals surface area (Å²) >= 11 is 0. The first-order valence-corrected chi connectivity index (χ1v) is 8.74. The molecule has 2 N–H and O–H groups in total. The number of nitrogens with zero attached hydrogens (tertiary/aromatic N) is 1. The summed E-state index contributed by atoms with van der Waals surface area (Å²) in [5.74, 6) is 0.986. The summed E-state index contributed by atoms with van der Waals surface area (Å²) in [7, 11) is 3.23. The fraction of sp³-hybridized carbons (Fsp3) is 0.182. The first-order valence-electron chi connectivity index (χ1n) is 8.74. The maximum absolute atomic E-state index is 10.7. The quantitative estimate of drug-likeness (QED) is 0.629. The third kappa shape index (κ3) is 7.15. The first-order chi connectivity index (χ1) is 14.0. The van der Waals surface area contributed by atoms with E-state index in [-0.39, 0.29) is 12.2 Å². The number of benzene rings is 2. The molecular weight excluding hydrogens is 374 g/mol. The molecule has 0 spiro atoms. The highest BCUT2D eigenvalue weighted by molar-refractivity contribution is 5.87. The SMILES string of the molecule is COc1ccc(CO)cc1.COc1ccc(COc2ccc(C(=O)O)cn2)cc1. The average molecular weight is 397 g/mol. The van der Waals surface area contributed by atoms with Crippen molar-refractivity contribution >= 4 is 5.97 Å². The number of aliphatic hydroxyl groups is 1. The number of aromatic nitrogens is 1. The maximum atomic E-state index is 10.7. The smallest absolute Gasteiger partial charge is 0.337 e. The van der Waals surface area contributed by atoms with Gasteiger partial charge < -0.3 is 24.4 Å². The number of carboxylic acid groups (broad SMARTS) is 1. The number of carboxylic acids is 1. The van der Waals surface area contributed by atoms with Gasteiger partial charge in [0.25, 0.3) is 0 Å². The second-order valence-corrected chi connectivity index (χ2v) is 5.83. The molecule has 3 rings (SSSR count). The summed E-state index contributed by atoms with van der Waals surface area (Å²) < 4.78 is 15.4. The molecule has 0 bridgehead atoms. The molecule has 2 aromatic carbocycles. The molecule has 3 aromatic rings. The first kappa shape index (κ1) is 21.7. The highest BCUT2D eigenvalue weighted by Gasteiger charge is 2.03. The van der Waals surface area contributed by atoms with E-state index in [4.69, 9.17) is 24.4 Å². The monoisotopic (exact) mass is 397 g/mol. The minimum absolute atomic E-state index is 0.0873. The van der Waals surface area contributed by atoms with Gasteiger partial charge >= 0.3 is 5.97 Å². The van der Waals surface area contributed by atoms with Crippen molar-refractivity contribution in [3.8, 4) is 17.4 Å². The second kappa shape index (κ2) is 11.3. The molecule has 7 heteroatoms. The van der Waals surface area contributed by atoms with Crippen molar-refractivity contribution in [2.45, 2.75) is 13.2 Å². The Hall–Kier alpha value is -3.58. The van der Waals surface area contributed by atoms with Crippen LogP contribution in [-0.2, 0) is 13.2 Å². The highest BCUT2D eigenvalue weighted by atomic mass is 16.5. The number of aliphatic hydroxyl groups excluding tert-OH is 1. The lowest BCUT2D eigenvalue weighted by atomic mass is 10.2. The number of aromatic carboxylic acids is 1. The Balaban J connectivity index is 0.000000253. The predicted molar refractivity (Wildman–Crippen MR) is 107 cm³/mol. The molecule has 0 fully saturated rings. The molecular formula is C22H23NO6. The summed E-state index contributed by atoms with van der Waals surface area (Å²) in [6.07, 6.45) is 1.27. The van der Waals surface area contributed by atoms with E-state index in [9.17, 15) is 4.79 Å². The number of hydrogen-bond donors (Lipinski definition) is 2. The fourth-order valence-electron chi connectivity index (χ4n) is 2.20. The second-order valence-electron chi connectivity index (χ2n) is 5.83.